The van der Waals surface area contributed by atoms with Crippen LogP contribution in [-0.4, -0.2) is 5.11 Å². The van der Waals surface area contributed by atoms with E-state index in [2.05, 4.69) is 6.07 Å². The van der Waals surface area contributed by atoms with E-state index in [-0.39, 0.29) is 5.75 Å². The van der Waals surface area contributed by atoms with Gasteiger partial charge in [-0.15, -0.1) is 0 Å². The third-order valence-electron chi connectivity index (χ3n) is 2.62. The van der Waals surface area contributed by atoms with Crippen molar-refractivity contribution in [3.05, 3.63) is 53.6 Å². The lowest BCUT2D eigenvalue weighted by atomic mass is 10.0. The molecular formula is C13H10O2. The summed E-state index contributed by atoms with van der Waals surface area (Å²) in [6.45, 7) is 0. The van der Waals surface area contributed by atoms with Crippen LogP contribution < -0.4 is 4.74 Å². The maximum Gasteiger partial charge on any atom is 0.134 e. The monoisotopic (exact) mass is 198 g/mol. The molecule has 0 saturated heterocycles. The molecule has 0 saturated carbocycles. The second-order valence-corrected chi connectivity index (χ2v) is 3.68. The van der Waals surface area contributed by atoms with Crippen LogP contribution in [0.2, 0.25) is 0 Å². The molecule has 0 aromatic heterocycles. The van der Waals surface area contributed by atoms with E-state index in [1.807, 2.05) is 24.3 Å². The molecule has 74 valence electrons. The van der Waals surface area contributed by atoms with Gasteiger partial charge in [0.2, 0.25) is 0 Å². The van der Waals surface area contributed by atoms with Crippen LogP contribution in [0.5, 0.6) is 17.2 Å². The zero-order valence-electron chi connectivity index (χ0n) is 8.10. The van der Waals surface area contributed by atoms with Crippen molar-refractivity contribution in [3.8, 4) is 17.2 Å². The van der Waals surface area contributed by atoms with Crippen LogP contribution in [0.1, 0.15) is 11.1 Å². The smallest absolute Gasteiger partial charge is 0.134 e. The second-order valence-electron chi connectivity index (χ2n) is 3.68. The zero-order chi connectivity index (χ0) is 10.3. The van der Waals surface area contributed by atoms with Gasteiger partial charge in [0.1, 0.15) is 17.2 Å². The first-order valence-corrected chi connectivity index (χ1v) is 4.90. The van der Waals surface area contributed by atoms with E-state index in [9.17, 15) is 5.11 Å². The molecular weight excluding hydrogens is 188 g/mol. The summed E-state index contributed by atoms with van der Waals surface area (Å²) in [5.74, 6) is 1.89. The van der Waals surface area contributed by atoms with Crippen LogP contribution >= 0.6 is 0 Å². The van der Waals surface area contributed by atoms with Gasteiger partial charge in [-0.3, -0.25) is 0 Å². The minimum Gasteiger partial charge on any atom is -0.508 e. The molecule has 3 rings (SSSR count). The third-order valence-corrected chi connectivity index (χ3v) is 2.62. The van der Waals surface area contributed by atoms with Crippen LogP contribution in [0, 0.1) is 0 Å². The van der Waals surface area contributed by atoms with E-state index in [1.54, 1.807) is 12.1 Å². The molecule has 2 aromatic rings. The Bertz CT molecular complexity index is 518. The van der Waals surface area contributed by atoms with Gasteiger partial charge in [-0.1, -0.05) is 24.3 Å². The first-order valence-electron chi connectivity index (χ1n) is 4.90. The normalized spacial score (nSPS) is 12.5. The number of rotatable bonds is 0. The van der Waals surface area contributed by atoms with Gasteiger partial charge >= 0.3 is 0 Å². The topological polar surface area (TPSA) is 29.5 Å². The molecule has 0 atom stereocenters. The molecule has 2 heteroatoms. The van der Waals surface area contributed by atoms with Crippen molar-refractivity contribution < 1.29 is 9.84 Å². The fourth-order valence-corrected chi connectivity index (χ4v) is 1.86. The Morgan fingerprint density at radius 3 is 2.67 bits per heavy atom. The maximum atomic E-state index is 9.36. The summed E-state index contributed by atoms with van der Waals surface area (Å²) in [5, 5.41) is 9.36. The number of hydrogen-bond donors (Lipinski definition) is 1. The van der Waals surface area contributed by atoms with Gasteiger partial charge in [0.05, 0.1) is 0 Å². The zero-order valence-corrected chi connectivity index (χ0v) is 8.10. The van der Waals surface area contributed by atoms with Crippen molar-refractivity contribution >= 4 is 0 Å². The Kier molecular flexibility index (Phi) is 1.68. The molecule has 0 bridgehead atoms. The summed E-state index contributed by atoms with van der Waals surface area (Å²) in [7, 11) is 0. The van der Waals surface area contributed by atoms with Crippen LogP contribution in [-0.2, 0) is 6.42 Å². The molecule has 1 aliphatic heterocycles. The number of ether oxygens (including phenoxy) is 1. The van der Waals surface area contributed by atoms with Crippen LogP contribution in [0.15, 0.2) is 42.5 Å². The quantitative estimate of drug-likeness (QED) is 0.601. The molecule has 2 aromatic carbocycles. The van der Waals surface area contributed by atoms with Crippen molar-refractivity contribution in [1.82, 2.24) is 0 Å². The minimum atomic E-state index is 0.244. The number of fused-ring (bicyclic) bond motifs is 2. The third kappa shape index (κ3) is 1.34. The highest BCUT2D eigenvalue weighted by Crippen LogP contribution is 2.37. The molecule has 0 unspecified atom stereocenters. The lowest BCUT2D eigenvalue weighted by Gasteiger charge is -2.19. The summed E-state index contributed by atoms with van der Waals surface area (Å²) in [5.41, 5.74) is 2.31. The summed E-state index contributed by atoms with van der Waals surface area (Å²) in [6.07, 6.45) is 0.867. The van der Waals surface area contributed by atoms with Crippen LogP contribution in [0.4, 0.5) is 0 Å². The highest BCUT2D eigenvalue weighted by Gasteiger charge is 2.16. The Balaban J connectivity index is 2.11. The van der Waals surface area contributed by atoms with Gasteiger partial charge in [-0.25, -0.2) is 0 Å². The fraction of sp³-hybridized carbons (Fsp3) is 0.0769. The highest BCUT2D eigenvalue weighted by atomic mass is 16.5. The van der Waals surface area contributed by atoms with Crippen molar-refractivity contribution in [1.29, 1.82) is 0 Å². The number of aromatic hydroxyl groups is 1. The molecule has 2 nitrogen and oxygen atoms in total. The van der Waals surface area contributed by atoms with Crippen molar-refractivity contribution in [2.75, 3.05) is 0 Å². The van der Waals surface area contributed by atoms with E-state index in [4.69, 9.17) is 4.74 Å². The minimum absolute atomic E-state index is 0.244. The van der Waals surface area contributed by atoms with Gasteiger partial charge in [-0.2, -0.15) is 0 Å². The molecule has 0 aliphatic carbocycles. The SMILES string of the molecule is Oc1ccc2c(c1)Oc1ccccc1C2. The predicted molar refractivity (Wildman–Crippen MR) is 57.4 cm³/mol. The molecule has 0 radical (unpaired) electrons. The molecule has 1 aliphatic rings. The summed E-state index contributed by atoms with van der Waals surface area (Å²) >= 11 is 0. The van der Waals surface area contributed by atoms with E-state index in [0.29, 0.717) is 0 Å². The van der Waals surface area contributed by atoms with Crippen LogP contribution in [0.3, 0.4) is 0 Å². The Morgan fingerprint density at radius 1 is 0.933 bits per heavy atom. The average molecular weight is 198 g/mol. The fourth-order valence-electron chi connectivity index (χ4n) is 1.86. The highest BCUT2D eigenvalue weighted by molar-refractivity contribution is 5.51. The summed E-state index contributed by atoms with van der Waals surface area (Å²) < 4.78 is 5.70. The Morgan fingerprint density at radius 2 is 1.73 bits per heavy atom. The molecule has 1 N–H and O–H groups in total. The Labute approximate surface area is 87.8 Å². The first kappa shape index (κ1) is 8.36. The van der Waals surface area contributed by atoms with E-state index >= 15 is 0 Å². The van der Waals surface area contributed by atoms with Crippen molar-refractivity contribution in [2.45, 2.75) is 6.42 Å². The van der Waals surface area contributed by atoms with Gasteiger partial charge in [0, 0.05) is 12.5 Å². The van der Waals surface area contributed by atoms with Crippen LogP contribution in [0.25, 0.3) is 0 Å². The van der Waals surface area contributed by atoms with E-state index in [1.165, 1.54) is 5.56 Å². The van der Waals surface area contributed by atoms with E-state index in [0.717, 1.165) is 23.5 Å². The number of para-hydroxylation sites is 1. The molecule has 15 heavy (non-hydrogen) atoms. The van der Waals surface area contributed by atoms with Gasteiger partial charge in [-0.05, 0) is 23.3 Å². The first-order chi connectivity index (χ1) is 7.33. The van der Waals surface area contributed by atoms with Crippen molar-refractivity contribution in [3.63, 3.8) is 0 Å². The number of benzene rings is 2. The summed E-state index contributed by atoms with van der Waals surface area (Å²) in [4.78, 5) is 0. The predicted octanol–water partition coefficient (Wildman–Crippen LogP) is 3.09. The number of phenolic OH excluding ortho intramolecular Hbond substituents is 1. The molecule has 0 spiro atoms. The second kappa shape index (κ2) is 3.02. The molecule has 0 fully saturated rings. The number of phenols is 1. The Hall–Kier alpha value is -1.96. The lowest BCUT2D eigenvalue weighted by molar-refractivity contribution is 0.442. The van der Waals surface area contributed by atoms with Crippen molar-refractivity contribution in [2.24, 2.45) is 0 Å². The number of hydrogen-bond acceptors (Lipinski definition) is 2. The van der Waals surface area contributed by atoms with Gasteiger partial charge in [0.15, 0.2) is 0 Å². The van der Waals surface area contributed by atoms with Gasteiger partial charge in [0.25, 0.3) is 0 Å². The standard InChI is InChI=1S/C13H10O2/c14-11-6-5-10-7-9-3-1-2-4-12(9)15-13(10)8-11/h1-6,8,14H,7H2. The maximum absolute atomic E-state index is 9.36. The molecule has 1 heterocycles. The van der Waals surface area contributed by atoms with Gasteiger partial charge < -0.3 is 9.84 Å². The lowest BCUT2D eigenvalue weighted by Crippen LogP contribution is -2.02. The van der Waals surface area contributed by atoms with E-state index < -0.39 is 0 Å². The average Bonchev–Trinajstić information content (AvgIpc) is 2.26. The summed E-state index contributed by atoms with van der Waals surface area (Å²) in [6, 6.07) is 13.2. The molecule has 0 amide bonds. The largest absolute Gasteiger partial charge is 0.508 e.